The number of nitrogens with zero attached hydrogens (tertiary/aromatic N) is 2. The number of nitrogens with one attached hydrogen (secondary N) is 2. The van der Waals surface area contributed by atoms with Gasteiger partial charge in [0.05, 0.1) is 27.1 Å². The molecule has 0 aliphatic heterocycles. The van der Waals surface area contributed by atoms with Gasteiger partial charge in [-0.1, -0.05) is 60.8 Å². The van der Waals surface area contributed by atoms with Crippen LogP contribution in [0.15, 0.2) is 41.3 Å². The molecule has 0 unspecified atom stereocenters. The van der Waals surface area contributed by atoms with Crippen LogP contribution in [-0.2, 0) is 21.4 Å². The molecular weight excluding hydrogens is 497 g/mol. The van der Waals surface area contributed by atoms with E-state index in [9.17, 15) is 13.2 Å². The summed E-state index contributed by atoms with van der Waals surface area (Å²) in [6, 6.07) is 9.07. The third kappa shape index (κ3) is 5.24. The fraction of sp³-hybridized carbons (Fsp3) is 0.250. The van der Waals surface area contributed by atoms with Crippen LogP contribution in [0.2, 0.25) is 15.1 Å². The Bertz CT molecular complexity index is 1280. The molecule has 1 heterocycles. The van der Waals surface area contributed by atoms with E-state index in [4.69, 9.17) is 40.5 Å². The van der Waals surface area contributed by atoms with Crippen molar-refractivity contribution in [2.75, 3.05) is 5.32 Å². The number of anilines is 1. The van der Waals surface area contributed by atoms with Crippen LogP contribution < -0.4 is 15.8 Å². The topological polar surface area (TPSA) is 127 Å². The van der Waals surface area contributed by atoms with Gasteiger partial charge in [0, 0.05) is 5.39 Å². The number of hydrogen-bond donors (Lipinski definition) is 3. The molecule has 0 bridgehead atoms. The molecule has 0 spiro atoms. The summed E-state index contributed by atoms with van der Waals surface area (Å²) in [5.41, 5.74) is 6.08. The number of amides is 1. The van der Waals surface area contributed by atoms with Crippen molar-refractivity contribution in [3.8, 4) is 0 Å². The number of aromatic nitrogens is 2. The summed E-state index contributed by atoms with van der Waals surface area (Å²) in [6.07, 6.45) is 0. The number of carbonyl (C=O) groups excluding carboxylic acids is 1. The normalized spacial score (nSPS) is 12.8. The summed E-state index contributed by atoms with van der Waals surface area (Å²) >= 11 is 17.9. The first-order valence-electron chi connectivity index (χ1n) is 9.46. The second kappa shape index (κ2) is 9.76. The first-order chi connectivity index (χ1) is 15.0. The third-order valence-electron chi connectivity index (χ3n) is 4.62. The number of nitrogens with two attached hydrogens (primary N) is 1. The largest absolute Gasteiger partial charge is 0.368 e. The standard InChI is InChI=1S/C20H20Cl3N5O3S/c1-10(2)18(19(24)29)28-20-11-5-3-4-6-13(11)26-15(27-20)9-25-32(30,31)14-8-7-12(21)16(22)17(14)23/h3-8,10,18,25H,9H2,1-2H3,(H2,24,29)(H,26,27,28)/t18-/m0/s1. The van der Waals surface area contributed by atoms with Crippen molar-refractivity contribution in [3.63, 3.8) is 0 Å². The molecule has 0 saturated heterocycles. The minimum Gasteiger partial charge on any atom is -0.368 e. The van der Waals surface area contributed by atoms with Gasteiger partial charge in [-0.3, -0.25) is 4.79 Å². The van der Waals surface area contributed by atoms with Crippen molar-refractivity contribution < 1.29 is 13.2 Å². The van der Waals surface area contributed by atoms with E-state index in [1.54, 1.807) is 24.3 Å². The average Bonchev–Trinajstić information content (AvgIpc) is 2.73. The molecule has 0 aliphatic rings. The molecule has 1 atom stereocenters. The predicted octanol–water partition coefficient (Wildman–Crippen LogP) is 3.99. The van der Waals surface area contributed by atoms with E-state index in [0.29, 0.717) is 16.7 Å². The lowest BCUT2D eigenvalue weighted by Crippen LogP contribution is -2.40. The number of halogens is 3. The molecule has 0 saturated carbocycles. The van der Waals surface area contributed by atoms with Crippen molar-refractivity contribution in [2.24, 2.45) is 11.7 Å². The van der Waals surface area contributed by atoms with Gasteiger partial charge >= 0.3 is 0 Å². The van der Waals surface area contributed by atoms with E-state index in [1.807, 2.05) is 13.8 Å². The molecule has 0 fully saturated rings. The number of sulfonamides is 1. The molecule has 3 rings (SSSR count). The zero-order chi connectivity index (χ0) is 23.6. The Hall–Kier alpha value is -2.17. The maximum absolute atomic E-state index is 12.8. The van der Waals surface area contributed by atoms with Gasteiger partial charge in [-0.25, -0.2) is 23.1 Å². The highest BCUT2D eigenvalue weighted by Gasteiger charge is 2.23. The monoisotopic (exact) mass is 515 g/mol. The van der Waals surface area contributed by atoms with Crippen LogP contribution in [0.5, 0.6) is 0 Å². The number of fused-ring (bicyclic) bond motifs is 1. The predicted molar refractivity (Wildman–Crippen MR) is 126 cm³/mol. The summed E-state index contributed by atoms with van der Waals surface area (Å²) in [5.74, 6) is -0.0769. The van der Waals surface area contributed by atoms with E-state index in [2.05, 4.69) is 20.0 Å². The lowest BCUT2D eigenvalue weighted by molar-refractivity contribution is -0.119. The first kappa shape index (κ1) is 24.5. The van der Waals surface area contributed by atoms with Crippen molar-refractivity contribution in [3.05, 3.63) is 57.3 Å². The maximum atomic E-state index is 12.8. The lowest BCUT2D eigenvalue weighted by atomic mass is 10.0. The fourth-order valence-corrected chi connectivity index (χ4v) is 4.94. The van der Waals surface area contributed by atoms with Crippen LogP contribution in [-0.4, -0.2) is 30.3 Å². The van der Waals surface area contributed by atoms with Crippen molar-refractivity contribution in [2.45, 2.75) is 31.3 Å². The minimum atomic E-state index is -4.04. The Morgan fingerprint density at radius 3 is 2.41 bits per heavy atom. The zero-order valence-electron chi connectivity index (χ0n) is 17.1. The number of carbonyl (C=O) groups is 1. The van der Waals surface area contributed by atoms with Crippen LogP contribution in [0.4, 0.5) is 5.82 Å². The van der Waals surface area contributed by atoms with E-state index in [0.717, 1.165) is 0 Å². The van der Waals surface area contributed by atoms with E-state index < -0.39 is 22.0 Å². The zero-order valence-corrected chi connectivity index (χ0v) is 20.1. The second-order valence-corrected chi connectivity index (χ2v) is 10.2. The third-order valence-corrected chi connectivity index (χ3v) is 7.47. The Labute approximate surface area is 200 Å². The quantitative estimate of drug-likeness (QED) is 0.389. The van der Waals surface area contributed by atoms with Gasteiger partial charge < -0.3 is 11.1 Å². The second-order valence-electron chi connectivity index (χ2n) is 7.27. The van der Waals surface area contributed by atoms with Gasteiger partial charge in [0.2, 0.25) is 15.9 Å². The number of rotatable bonds is 8. The molecule has 4 N–H and O–H groups in total. The number of primary amides is 1. The summed E-state index contributed by atoms with van der Waals surface area (Å²) in [5, 5.41) is 3.61. The highest BCUT2D eigenvalue weighted by Crippen LogP contribution is 2.34. The molecular formula is C20H20Cl3N5O3S. The van der Waals surface area contributed by atoms with Gasteiger partial charge in [-0.05, 0) is 30.2 Å². The molecule has 3 aromatic rings. The van der Waals surface area contributed by atoms with Gasteiger partial charge in [0.15, 0.2) is 0 Å². The van der Waals surface area contributed by atoms with Crippen LogP contribution in [0.1, 0.15) is 19.7 Å². The van der Waals surface area contributed by atoms with Gasteiger partial charge in [0.25, 0.3) is 0 Å². The highest BCUT2D eigenvalue weighted by molar-refractivity contribution is 7.89. The van der Waals surface area contributed by atoms with Crippen LogP contribution >= 0.6 is 34.8 Å². The van der Waals surface area contributed by atoms with Crippen molar-refractivity contribution in [1.29, 1.82) is 0 Å². The van der Waals surface area contributed by atoms with Gasteiger partial charge in [-0.15, -0.1) is 0 Å². The Morgan fingerprint density at radius 2 is 1.75 bits per heavy atom. The fourth-order valence-electron chi connectivity index (χ4n) is 2.98. The highest BCUT2D eigenvalue weighted by atomic mass is 35.5. The van der Waals surface area contributed by atoms with Gasteiger partial charge in [0.1, 0.15) is 22.6 Å². The summed E-state index contributed by atoms with van der Waals surface area (Å²) in [6.45, 7) is 3.46. The molecule has 1 aromatic heterocycles. The SMILES string of the molecule is CC(C)[C@H](Nc1nc(CNS(=O)(=O)c2ccc(Cl)c(Cl)c2Cl)nc2ccccc12)C(N)=O. The van der Waals surface area contributed by atoms with Crippen LogP contribution in [0, 0.1) is 5.92 Å². The van der Waals surface area contributed by atoms with Crippen molar-refractivity contribution in [1.82, 2.24) is 14.7 Å². The first-order valence-corrected chi connectivity index (χ1v) is 12.1. The summed E-state index contributed by atoms with van der Waals surface area (Å²) in [4.78, 5) is 20.5. The van der Waals surface area contributed by atoms with Crippen LogP contribution in [0.3, 0.4) is 0 Å². The van der Waals surface area contributed by atoms with E-state index >= 15 is 0 Å². The Balaban J connectivity index is 1.94. The Morgan fingerprint density at radius 1 is 1.06 bits per heavy atom. The summed E-state index contributed by atoms with van der Waals surface area (Å²) < 4.78 is 27.9. The molecule has 0 aliphatic carbocycles. The van der Waals surface area contributed by atoms with E-state index in [1.165, 1.54) is 12.1 Å². The van der Waals surface area contributed by atoms with E-state index in [-0.39, 0.29) is 38.3 Å². The average molecular weight is 517 g/mol. The van der Waals surface area contributed by atoms with Crippen molar-refractivity contribution >= 4 is 67.5 Å². The minimum absolute atomic E-state index is 0.0594. The van der Waals surface area contributed by atoms with Gasteiger partial charge in [-0.2, -0.15) is 0 Å². The molecule has 12 heteroatoms. The molecule has 0 radical (unpaired) electrons. The molecule has 8 nitrogen and oxygen atoms in total. The number of para-hydroxylation sites is 1. The summed E-state index contributed by atoms with van der Waals surface area (Å²) in [7, 11) is -4.04. The maximum Gasteiger partial charge on any atom is 0.242 e. The molecule has 170 valence electrons. The molecule has 1 amide bonds. The molecule has 32 heavy (non-hydrogen) atoms. The number of benzene rings is 2. The smallest absolute Gasteiger partial charge is 0.242 e. The molecule has 2 aromatic carbocycles. The lowest BCUT2D eigenvalue weighted by Gasteiger charge is -2.21. The number of hydrogen-bond acceptors (Lipinski definition) is 6. The Kier molecular flexibility index (Phi) is 7.46. The van der Waals surface area contributed by atoms with Crippen LogP contribution in [0.25, 0.3) is 10.9 Å².